The number of nitrogens with one attached hydrogen (secondary N) is 3. The number of hydrogen-bond donors (Lipinski definition) is 3. The molecule has 1 aromatic rings. The van der Waals surface area contributed by atoms with Crippen molar-refractivity contribution in [2.75, 3.05) is 39.3 Å². The molecule has 0 radical (unpaired) electrons. The fourth-order valence-corrected chi connectivity index (χ4v) is 4.65. The summed E-state index contributed by atoms with van der Waals surface area (Å²) < 4.78 is 26.8. The minimum atomic E-state index is -3.59. The molecule has 2 amide bonds. The lowest BCUT2D eigenvalue weighted by Gasteiger charge is -2.31. The Hall–Kier alpha value is -1.68. The SMILES string of the molecule is CCNC(=O)[C@@H](C)NC(=O)C[NH+]1CCN(S(=O)(=O)c2cccc(Cl)c2)CC1. The Bertz CT molecular complexity index is 779. The first-order valence-electron chi connectivity index (χ1n) is 8.90. The largest absolute Gasteiger partial charge is 0.355 e. The van der Waals surface area contributed by atoms with E-state index in [-0.39, 0.29) is 23.3 Å². The summed E-state index contributed by atoms with van der Waals surface area (Å²) in [6.45, 7) is 5.83. The number of carbonyl (C=O) groups excluding carboxylic acids is 2. The quantitative estimate of drug-likeness (QED) is 0.522. The van der Waals surface area contributed by atoms with Crippen molar-refractivity contribution < 1.29 is 22.9 Å². The second kappa shape index (κ2) is 9.50. The minimum Gasteiger partial charge on any atom is -0.355 e. The number of nitrogens with zero attached hydrogens (tertiary/aromatic N) is 1. The molecule has 1 saturated heterocycles. The summed E-state index contributed by atoms with van der Waals surface area (Å²) in [4.78, 5) is 24.9. The molecule has 10 heteroatoms. The van der Waals surface area contributed by atoms with E-state index in [1.807, 2.05) is 6.92 Å². The van der Waals surface area contributed by atoms with Gasteiger partial charge in [0, 0.05) is 11.6 Å². The van der Waals surface area contributed by atoms with Gasteiger partial charge in [-0.3, -0.25) is 9.59 Å². The van der Waals surface area contributed by atoms with Crippen molar-refractivity contribution in [1.29, 1.82) is 0 Å². The molecule has 1 atom stereocenters. The van der Waals surface area contributed by atoms with E-state index in [0.29, 0.717) is 37.7 Å². The highest BCUT2D eigenvalue weighted by atomic mass is 35.5. The van der Waals surface area contributed by atoms with Gasteiger partial charge in [0.05, 0.1) is 31.1 Å². The first kappa shape index (κ1) is 21.6. The van der Waals surface area contributed by atoms with Gasteiger partial charge in [-0.05, 0) is 32.0 Å². The molecule has 1 aromatic carbocycles. The Labute approximate surface area is 164 Å². The van der Waals surface area contributed by atoms with Gasteiger partial charge in [0.15, 0.2) is 6.54 Å². The lowest BCUT2D eigenvalue weighted by atomic mass is 10.3. The van der Waals surface area contributed by atoms with Crippen LogP contribution in [0.2, 0.25) is 5.02 Å². The predicted molar refractivity (Wildman–Crippen MR) is 102 cm³/mol. The Morgan fingerprint density at radius 1 is 1.30 bits per heavy atom. The number of likely N-dealkylation sites (N-methyl/N-ethyl adjacent to an activating group) is 1. The molecule has 1 heterocycles. The molecule has 3 N–H and O–H groups in total. The monoisotopic (exact) mass is 417 g/mol. The zero-order valence-electron chi connectivity index (χ0n) is 15.5. The third-order valence-electron chi connectivity index (χ3n) is 4.40. The van der Waals surface area contributed by atoms with Crippen LogP contribution in [0.1, 0.15) is 13.8 Å². The van der Waals surface area contributed by atoms with Gasteiger partial charge < -0.3 is 15.5 Å². The van der Waals surface area contributed by atoms with Crippen LogP contribution < -0.4 is 15.5 Å². The fraction of sp³-hybridized carbons (Fsp3) is 0.529. The summed E-state index contributed by atoms with van der Waals surface area (Å²) in [5, 5.41) is 5.69. The zero-order chi connectivity index (χ0) is 20.0. The maximum atomic E-state index is 12.7. The predicted octanol–water partition coefficient (Wildman–Crippen LogP) is -1.13. The molecule has 0 saturated carbocycles. The van der Waals surface area contributed by atoms with E-state index in [2.05, 4.69) is 10.6 Å². The number of amides is 2. The Kier molecular flexibility index (Phi) is 7.60. The van der Waals surface area contributed by atoms with E-state index in [1.54, 1.807) is 19.1 Å². The van der Waals surface area contributed by atoms with Crippen molar-refractivity contribution >= 4 is 33.4 Å². The van der Waals surface area contributed by atoms with Gasteiger partial charge in [-0.15, -0.1) is 0 Å². The van der Waals surface area contributed by atoms with Crippen LogP contribution in [0, 0.1) is 0 Å². The van der Waals surface area contributed by atoms with Gasteiger partial charge in [0.2, 0.25) is 15.9 Å². The van der Waals surface area contributed by atoms with Crippen LogP contribution in [0.25, 0.3) is 0 Å². The topological polar surface area (TPSA) is 100 Å². The Morgan fingerprint density at radius 2 is 1.96 bits per heavy atom. The maximum absolute atomic E-state index is 12.7. The first-order chi connectivity index (χ1) is 12.7. The molecule has 0 bridgehead atoms. The molecule has 8 nitrogen and oxygen atoms in total. The van der Waals surface area contributed by atoms with Gasteiger partial charge >= 0.3 is 0 Å². The molecule has 0 aromatic heterocycles. The Balaban J connectivity index is 1.86. The van der Waals surface area contributed by atoms with Crippen LogP contribution in [0.4, 0.5) is 0 Å². The standard InChI is InChI=1S/C17H25ClN4O4S/c1-3-19-17(24)13(2)20-16(23)12-21-7-9-22(10-8-21)27(25,26)15-6-4-5-14(18)11-15/h4-6,11,13H,3,7-10,12H2,1-2H3,(H,19,24)(H,20,23)/p+1/t13-/m1/s1. The van der Waals surface area contributed by atoms with E-state index >= 15 is 0 Å². The summed E-state index contributed by atoms with van der Waals surface area (Å²) in [6.07, 6.45) is 0. The number of sulfonamides is 1. The summed E-state index contributed by atoms with van der Waals surface area (Å²) in [6, 6.07) is 5.60. The number of benzene rings is 1. The van der Waals surface area contributed by atoms with E-state index in [0.717, 1.165) is 4.90 Å². The molecular formula is C17H26ClN4O4S+. The molecule has 2 rings (SSSR count). The number of quaternary nitrogens is 1. The lowest BCUT2D eigenvalue weighted by molar-refractivity contribution is -0.895. The minimum absolute atomic E-state index is 0.173. The highest BCUT2D eigenvalue weighted by molar-refractivity contribution is 7.89. The van der Waals surface area contributed by atoms with Crippen LogP contribution in [0.3, 0.4) is 0 Å². The number of hydrogen-bond acceptors (Lipinski definition) is 4. The molecule has 0 aliphatic carbocycles. The lowest BCUT2D eigenvalue weighted by Crippen LogP contribution is -3.15. The molecule has 1 aliphatic heterocycles. The summed E-state index contributed by atoms with van der Waals surface area (Å²) in [5.41, 5.74) is 0. The third-order valence-corrected chi connectivity index (χ3v) is 6.53. The fourth-order valence-electron chi connectivity index (χ4n) is 2.91. The summed E-state index contributed by atoms with van der Waals surface area (Å²) in [7, 11) is -3.59. The molecule has 150 valence electrons. The number of rotatable bonds is 7. The van der Waals surface area contributed by atoms with Crippen LogP contribution >= 0.6 is 11.6 Å². The smallest absolute Gasteiger partial charge is 0.275 e. The highest BCUT2D eigenvalue weighted by Crippen LogP contribution is 2.19. The average molecular weight is 418 g/mol. The van der Waals surface area contributed by atoms with E-state index in [9.17, 15) is 18.0 Å². The van der Waals surface area contributed by atoms with E-state index in [4.69, 9.17) is 11.6 Å². The normalized spacial score (nSPS) is 17.3. The van der Waals surface area contributed by atoms with Crippen molar-refractivity contribution in [3.63, 3.8) is 0 Å². The van der Waals surface area contributed by atoms with Crippen molar-refractivity contribution in [2.45, 2.75) is 24.8 Å². The van der Waals surface area contributed by atoms with Crippen LogP contribution in [0.15, 0.2) is 29.2 Å². The maximum Gasteiger partial charge on any atom is 0.275 e. The van der Waals surface area contributed by atoms with Gasteiger partial charge in [-0.25, -0.2) is 8.42 Å². The molecule has 1 fully saturated rings. The van der Waals surface area contributed by atoms with E-state index < -0.39 is 16.1 Å². The zero-order valence-corrected chi connectivity index (χ0v) is 17.1. The van der Waals surface area contributed by atoms with Crippen LogP contribution in [-0.4, -0.2) is 69.8 Å². The van der Waals surface area contributed by atoms with Gasteiger partial charge in [0.25, 0.3) is 5.91 Å². The molecule has 0 spiro atoms. The van der Waals surface area contributed by atoms with Crippen LogP contribution in [0.5, 0.6) is 0 Å². The number of carbonyl (C=O) groups is 2. The molecule has 27 heavy (non-hydrogen) atoms. The second-order valence-corrected chi connectivity index (χ2v) is 8.85. The van der Waals surface area contributed by atoms with Gasteiger partial charge in [-0.1, -0.05) is 17.7 Å². The van der Waals surface area contributed by atoms with Gasteiger partial charge in [0.1, 0.15) is 6.04 Å². The summed E-state index contributed by atoms with van der Waals surface area (Å²) in [5.74, 6) is -0.451. The average Bonchev–Trinajstić information content (AvgIpc) is 2.62. The Morgan fingerprint density at radius 3 is 2.56 bits per heavy atom. The highest BCUT2D eigenvalue weighted by Gasteiger charge is 2.31. The second-order valence-electron chi connectivity index (χ2n) is 6.47. The van der Waals surface area contributed by atoms with Crippen LogP contribution in [-0.2, 0) is 19.6 Å². The van der Waals surface area contributed by atoms with Crippen molar-refractivity contribution in [3.05, 3.63) is 29.3 Å². The van der Waals surface area contributed by atoms with E-state index in [1.165, 1.54) is 16.4 Å². The third kappa shape index (κ3) is 5.90. The first-order valence-corrected chi connectivity index (χ1v) is 10.7. The molecular weight excluding hydrogens is 392 g/mol. The van der Waals surface area contributed by atoms with Crippen molar-refractivity contribution in [2.24, 2.45) is 0 Å². The molecule has 1 aliphatic rings. The number of piperazine rings is 1. The molecule has 0 unspecified atom stereocenters. The van der Waals surface area contributed by atoms with Gasteiger partial charge in [-0.2, -0.15) is 4.31 Å². The summed E-state index contributed by atoms with van der Waals surface area (Å²) >= 11 is 5.89. The van der Waals surface area contributed by atoms with Crippen molar-refractivity contribution in [3.8, 4) is 0 Å². The van der Waals surface area contributed by atoms with Crippen molar-refractivity contribution in [1.82, 2.24) is 14.9 Å². The number of halogens is 1.